The highest BCUT2D eigenvalue weighted by Gasteiger charge is 2.32. The van der Waals surface area contributed by atoms with Crippen LogP contribution in [0.15, 0.2) is 71.0 Å². The molecule has 1 aliphatic heterocycles. The zero-order valence-electron chi connectivity index (χ0n) is 15.8. The molecular formula is C24H29N. The summed E-state index contributed by atoms with van der Waals surface area (Å²) in [6.45, 7) is 6.78. The smallest absolute Gasteiger partial charge is 0.0585 e. The Bertz CT molecular complexity index is 790. The van der Waals surface area contributed by atoms with Gasteiger partial charge < -0.3 is 4.90 Å². The van der Waals surface area contributed by atoms with Crippen LogP contribution in [0, 0.1) is 12.8 Å². The number of allylic oxidation sites excluding steroid dienone is 6. The monoisotopic (exact) mass is 331 g/mol. The van der Waals surface area contributed by atoms with Crippen molar-refractivity contribution in [1.82, 2.24) is 0 Å². The quantitative estimate of drug-likeness (QED) is 0.569. The van der Waals surface area contributed by atoms with E-state index in [9.17, 15) is 0 Å². The first kappa shape index (κ1) is 16.4. The third kappa shape index (κ3) is 3.13. The van der Waals surface area contributed by atoms with Crippen molar-refractivity contribution in [3.8, 4) is 0 Å². The number of anilines is 1. The van der Waals surface area contributed by atoms with E-state index in [4.69, 9.17) is 0 Å². The van der Waals surface area contributed by atoms with Gasteiger partial charge in [0.15, 0.2) is 0 Å². The average molecular weight is 332 g/mol. The largest absolute Gasteiger partial charge is 0.337 e. The van der Waals surface area contributed by atoms with Crippen LogP contribution in [0.5, 0.6) is 0 Å². The van der Waals surface area contributed by atoms with E-state index < -0.39 is 0 Å². The third-order valence-electron chi connectivity index (χ3n) is 5.97. The number of nitrogens with zero attached hydrogens (tertiary/aromatic N) is 1. The second-order valence-electron chi connectivity index (χ2n) is 7.94. The molecule has 0 N–H and O–H groups in total. The summed E-state index contributed by atoms with van der Waals surface area (Å²) < 4.78 is 0. The Morgan fingerprint density at radius 1 is 1.00 bits per heavy atom. The summed E-state index contributed by atoms with van der Waals surface area (Å²) >= 11 is 0. The van der Waals surface area contributed by atoms with Crippen molar-refractivity contribution < 1.29 is 0 Å². The van der Waals surface area contributed by atoms with Gasteiger partial charge in [-0.05, 0) is 70.1 Å². The number of benzene rings is 1. The predicted octanol–water partition coefficient (Wildman–Crippen LogP) is 6.48. The van der Waals surface area contributed by atoms with Gasteiger partial charge in [0, 0.05) is 17.3 Å². The van der Waals surface area contributed by atoms with Crippen LogP contribution in [-0.2, 0) is 0 Å². The van der Waals surface area contributed by atoms with Crippen molar-refractivity contribution in [3.05, 3.63) is 76.5 Å². The maximum Gasteiger partial charge on any atom is 0.0585 e. The van der Waals surface area contributed by atoms with Gasteiger partial charge >= 0.3 is 0 Å². The van der Waals surface area contributed by atoms with E-state index in [-0.39, 0.29) is 0 Å². The molecule has 2 aliphatic carbocycles. The predicted molar refractivity (Wildman–Crippen MR) is 108 cm³/mol. The highest BCUT2D eigenvalue weighted by molar-refractivity contribution is 5.62. The number of fused-ring (bicyclic) bond motifs is 1. The minimum atomic E-state index is 0.446. The van der Waals surface area contributed by atoms with Crippen molar-refractivity contribution in [1.29, 1.82) is 0 Å². The normalized spacial score (nSPS) is 26.3. The van der Waals surface area contributed by atoms with Gasteiger partial charge in [-0.3, -0.25) is 0 Å². The Kier molecular flexibility index (Phi) is 4.41. The van der Waals surface area contributed by atoms with E-state index in [1.54, 1.807) is 11.3 Å². The van der Waals surface area contributed by atoms with E-state index in [0.717, 1.165) is 0 Å². The molecule has 0 radical (unpaired) electrons. The molecule has 2 atom stereocenters. The molecular weight excluding hydrogens is 302 g/mol. The Morgan fingerprint density at radius 2 is 1.84 bits per heavy atom. The van der Waals surface area contributed by atoms with Crippen LogP contribution >= 0.6 is 0 Å². The van der Waals surface area contributed by atoms with Gasteiger partial charge in [0.25, 0.3) is 0 Å². The van der Waals surface area contributed by atoms with Crippen LogP contribution in [0.2, 0.25) is 0 Å². The maximum atomic E-state index is 2.68. The maximum absolute atomic E-state index is 2.68. The summed E-state index contributed by atoms with van der Waals surface area (Å²) in [7, 11) is 0. The molecule has 1 heterocycles. The lowest BCUT2D eigenvalue weighted by atomic mass is 9.81. The average Bonchev–Trinajstić information content (AvgIpc) is 2.58. The number of para-hydroxylation sites is 1. The SMILES string of the molecule is CC1=CC2CCCC3=C(CCC(C)=C3)N(c3ccccc3C)C2C=C1. The first-order valence-electron chi connectivity index (χ1n) is 9.74. The van der Waals surface area contributed by atoms with Gasteiger partial charge in [-0.1, -0.05) is 53.6 Å². The molecule has 2 unspecified atom stereocenters. The van der Waals surface area contributed by atoms with E-state index in [1.807, 2.05) is 0 Å². The summed E-state index contributed by atoms with van der Waals surface area (Å²) in [6.07, 6.45) is 15.9. The summed E-state index contributed by atoms with van der Waals surface area (Å²) in [5, 5.41) is 0. The minimum Gasteiger partial charge on any atom is -0.337 e. The van der Waals surface area contributed by atoms with E-state index >= 15 is 0 Å². The zero-order valence-corrected chi connectivity index (χ0v) is 15.8. The number of aryl methyl sites for hydroxylation is 1. The summed E-state index contributed by atoms with van der Waals surface area (Å²) in [5.41, 5.74) is 8.85. The van der Waals surface area contributed by atoms with Gasteiger partial charge in [0.1, 0.15) is 0 Å². The molecule has 0 aromatic heterocycles. The van der Waals surface area contributed by atoms with Crippen LogP contribution in [0.3, 0.4) is 0 Å². The Balaban J connectivity index is 1.88. The van der Waals surface area contributed by atoms with E-state index in [2.05, 4.69) is 74.2 Å². The zero-order chi connectivity index (χ0) is 17.4. The van der Waals surface area contributed by atoms with E-state index in [1.165, 1.54) is 54.5 Å². The molecule has 0 bridgehead atoms. The molecule has 1 heteroatoms. The van der Waals surface area contributed by atoms with Crippen molar-refractivity contribution >= 4 is 5.69 Å². The molecule has 1 aromatic carbocycles. The lowest BCUT2D eigenvalue weighted by molar-refractivity contribution is 0.471. The minimum absolute atomic E-state index is 0.446. The van der Waals surface area contributed by atoms with Crippen molar-refractivity contribution in [2.45, 2.75) is 58.9 Å². The molecule has 0 spiro atoms. The topological polar surface area (TPSA) is 3.24 Å². The standard InChI is InChI=1S/C24H29N/c1-17-11-13-23-20(15-17)8-6-9-21-16-18(2)12-14-24(21)25(23)22-10-5-4-7-19(22)3/h4-5,7,10-11,13,15-16,20,23H,6,8-9,12,14H2,1-3H3. The Hall–Kier alpha value is -2.02. The van der Waals surface area contributed by atoms with Gasteiger partial charge in [0.05, 0.1) is 6.04 Å². The van der Waals surface area contributed by atoms with Gasteiger partial charge in [-0.2, -0.15) is 0 Å². The molecule has 0 fully saturated rings. The highest BCUT2D eigenvalue weighted by atomic mass is 15.2. The van der Waals surface area contributed by atoms with Crippen LogP contribution in [0.25, 0.3) is 0 Å². The fourth-order valence-electron chi connectivity index (χ4n) is 4.69. The van der Waals surface area contributed by atoms with E-state index in [0.29, 0.717) is 12.0 Å². The molecule has 4 rings (SSSR count). The van der Waals surface area contributed by atoms with Crippen LogP contribution in [0.1, 0.15) is 51.5 Å². The Morgan fingerprint density at radius 3 is 2.68 bits per heavy atom. The van der Waals surface area contributed by atoms with Crippen LogP contribution < -0.4 is 4.90 Å². The van der Waals surface area contributed by atoms with Crippen molar-refractivity contribution in [3.63, 3.8) is 0 Å². The molecule has 3 aliphatic rings. The second-order valence-corrected chi connectivity index (χ2v) is 7.94. The highest BCUT2D eigenvalue weighted by Crippen LogP contribution is 2.41. The fraction of sp³-hybridized carbons (Fsp3) is 0.417. The molecule has 0 amide bonds. The molecule has 1 aromatic rings. The summed E-state index contributed by atoms with van der Waals surface area (Å²) in [6, 6.07) is 9.35. The summed E-state index contributed by atoms with van der Waals surface area (Å²) in [4.78, 5) is 2.68. The number of hydrogen-bond donors (Lipinski definition) is 0. The molecule has 25 heavy (non-hydrogen) atoms. The Labute approximate surface area is 152 Å². The van der Waals surface area contributed by atoms with Gasteiger partial charge in [0.2, 0.25) is 0 Å². The van der Waals surface area contributed by atoms with Crippen molar-refractivity contribution in [2.24, 2.45) is 5.92 Å². The number of hydrogen-bond acceptors (Lipinski definition) is 1. The van der Waals surface area contributed by atoms with Crippen molar-refractivity contribution in [2.75, 3.05) is 4.90 Å². The summed E-state index contributed by atoms with van der Waals surface area (Å²) in [5.74, 6) is 0.616. The van der Waals surface area contributed by atoms with Gasteiger partial charge in [-0.15, -0.1) is 0 Å². The molecule has 130 valence electrons. The van der Waals surface area contributed by atoms with Gasteiger partial charge in [-0.25, -0.2) is 0 Å². The lowest BCUT2D eigenvalue weighted by Crippen LogP contribution is -2.41. The fourth-order valence-corrected chi connectivity index (χ4v) is 4.69. The van der Waals surface area contributed by atoms with Crippen LogP contribution in [-0.4, -0.2) is 6.04 Å². The number of rotatable bonds is 1. The lowest BCUT2D eigenvalue weighted by Gasteiger charge is -2.43. The first-order chi connectivity index (χ1) is 12.1. The molecule has 0 saturated heterocycles. The second kappa shape index (κ2) is 6.71. The molecule has 0 saturated carbocycles. The first-order valence-corrected chi connectivity index (χ1v) is 9.74. The van der Waals surface area contributed by atoms with Crippen LogP contribution in [0.4, 0.5) is 5.69 Å². The molecule has 1 nitrogen and oxygen atoms in total. The third-order valence-corrected chi connectivity index (χ3v) is 5.97.